The molecule has 0 aliphatic heterocycles. The number of pyridine rings is 1. The van der Waals surface area contributed by atoms with Crippen LogP contribution in [0.5, 0.6) is 0 Å². The summed E-state index contributed by atoms with van der Waals surface area (Å²) in [5.74, 6) is 0.457. The zero-order chi connectivity index (χ0) is 14.5. The molecular formula is C16H19N3O. The topological polar surface area (TPSA) is 54.0 Å². The summed E-state index contributed by atoms with van der Waals surface area (Å²) < 4.78 is 0. The number of carbonyl (C=O) groups excluding carboxylic acids is 1. The van der Waals surface area contributed by atoms with E-state index in [1.165, 1.54) is 5.56 Å². The number of nitrogens with one attached hydrogen (secondary N) is 2. The third kappa shape index (κ3) is 3.15. The van der Waals surface area contributed by atoms with Crippen molar-refractivity contribution in [2.75, 3.05) is 17.2 Å². The predicted octanol–water partition coefficient (Wildman–Crippen LogP) is 3.38. The molecule has 1 aromatic carbocycles. The normalized spacial score (nSPS) is 10.2. The lowest BCUT2D eigenvalue weighted by atomic mass is 10.1. The highest BCUT2D eigenvalue weighted by Gasteiger charge is 2.12. The number of anilines is 2. The van der Waals surface area contributed by atoms with Gasteiger partial charge >= 0.3 is 0 Å². The first-order valence-electron chi connectivity index (χ1n) is 6.69. The van der Waals surface area contributed by atoms with Crippen LogP contribution in [-0.4, -0.2) is 17.4 Å². The zero-order valence-electron chi connectivity index (χ0n) is 12.0. The van der Waals surface area contributed by atoms with Crippen LogP contribution < -0.4 is 10.6 Å². The lowest BCUT2D eigenvalue weighted by Crippen LogP contribution is -2.16. The van der Waals surface area contributed by atoms with E-state index in [1.807, 2.05) is 39.0 Å². The van der Waals surface area contributed by atoms with Crippen LogP contribution in [0.25, 0.3) is 0 Å². The SMILES string of the molecule is CCNc1ncccc1C(=O)Nc1ccc(C)cc1C. The molecule has 1 heterocycles. The van der Waals surface area contributed by atoms with Crippen molar-refractivity contribution in [3.63, 3.8) is 0 Å². The third-order valence-electron chi connectivity index (χ3n) is 3.03. The van der Waals surface area contributed by atoms with Crippen molar-refractivity contribution in [1.29, 1.82) is 0 Å². The van der Waals surface area contributed by atoms with Crippen molar-refractivity contribution in [2.45, 2.75) is 20.8 Å². The highest BCUT2D eigenvalue weighted by molar-refractivity contribution is 6.07. The van der Waals surface area contributed by atoms with Gasteiger partial charge in [0, 0.05) is 18.4 Å². The molecule has 0 unspecified atom stereocenters. The van der Waals surface area contributed by atoms with Gasteiger partial charge < -0.3 is 10.6 Å². The minimum Gasteiger partial charge on any atom is -0.370 e. The smallest absolute Gasteiger partial charge is 0.259 e. The number of carbonyl (C=O) groups is 1. The van der Waals surface area contributed by atoms with Gasteiger partial charge in [-0.25, -0.2) is 4.98 Å². The first-order chi connectivity index (χ1) is 9.61. The summed E-state index contributed by atoms with van der Waals surface area (Å²) in [7, 11) is 0. The van der Waals surface area contributed by atoms with Crippen molar-refractivity contribution < 1.29 is 4.79 Å². The summed E-state index contributed by atoms with van der Waals surface area (Å²) in [6.45, 7) is 6.71. The number of rotatable bonds is 4. The molecule has 2 rings (SSSR count). The maximum Gasteiger partial charge on any atom is 0.259 e. The molecule has 4 nitrogen and oxygen atoms in total. The van der Waals surface area contributed by atoms with E-state index in [9.17, 15) is 4.79 Å². The molecule has 0 aliphatic rings. The lowest BCUT2D eigenvalue weighted by molar-refractivity contribution is 0.102. The average Bonchev–Trinajstić information content (AvgIpc) is 2.43. The maximum atomic E-state index is 12.4. The largest absolute Gasteiger partial charge is 0.370 e. The number of hydrogen-bond donors (Lipinski definition) is 2. The van der Waals surface area contributed by atoms with Crippen molar-refractivity contribution in [3.05, 3.63) is 53.2 Å². The van der Waals surface area contributed by atoms with Crippen molar-refractivity contribution >= 4 is 17.4 Å². The van der Waals surface area contributed by atoms with Gasteiger partial charge in [-0.2, -0.15) is 0 Å². The van der Waals surface area contributed by atoms with E-state index in [0.29, 0.717) is 11.4 Å². The second kappa shape index (κ2) is 6.19. The fourth-order valence-electron chi connectivity index (χ4n) is 2.04. The Hall–Kier alpha value is -2.36. The van der Waals surface area contributed by atoms with Crippen molar-refractivity contribution in [1.82, 2.24) is 4.98 Å². The van der Waals surface area contributed by atoms with Crippen molar-refractivity contribution in [3.8, 4) is 0 Å². The van der Waals surface area contributed by atoms with Crippen LogP contribution in [0, 0.1) is 13.8 Å². The molecule has 1 aromatic heterocycles. The molecule has 2 N–H and O–H groups in total. The molecule has 0 radical (unpaired) electrons. The van der Waals surface area contributed by atoms with Gasteiger partial charge in [0.05, 0.1) is 5.56 Å². The van der Waals surface area contributed by atoms with Gasteiger partial charge in [0.15, 0.2) is 0 Å². The number of amides is 1. The Morgan fingerprint density at radius 3 is 2.75 bits per heavy atom. The van der Waals surface area contributed by atoms with Gasteiger partial charge in [-0.05, 0) is 44.5 Å². The Morgan fingerprint density at radius 2 is 2.05 bits per heavy atom. The van der Waals surface area contributed by atoms with E-state index >= 15 is 0 Å². The average molecular weight is 269 g/mol. The van der Waals surface area contributed by atoms with E-state index in [4.69, 9.17) is 0 Å². The molecule has 20 heavy (non-hydrogen) atoms. The Kier molecular flexibility index (Phi) is 4.35. The van der Waals surface area contributed by atoms with Crippen LogP contribution in [-0.2, 0) is 0 Å². The highest BCUT2D eigenvalue weighted by Crippen LogP contribution is 2.19. The van der Waals surface area contributed by atoms with E-state index in [1.54, 1.807) is 18.3 Å². The zero-order valence-corrected chi connectivity index (χ0v) is 12.0. The quantitative estimate of drug-likeness (QED) is 0.894. The highest BCUT2D eigenvalue weighted by atomic mass is 16.1. The molecule has 0 aliphatic carbocycles. The first kappa shape index (κ1) is 14.1. The molecule has 2 aromatic rings. The van der Waals surface area contributed by atoms with Crippen molar-refractivity contribution in [2.24, 2.45) is 0 Å². The van der Waals surface area contributed by atoms with Gasteiger partial charge in [0.25, 0.3) is 5.91 Å². The Labute approximate surface area is 119 Å². The number of benzene rings is 1. The van der Waals surface area contributed by atoms with Crippen LogP contribution in [0.4, 0.5) is 11.5 Å². The fourth-order valence-corrected chi connectivity index (χ4v) is 2.04. The van der Waals surface area contributed by atoms with E-state index in [0.717, 1.165) is 17.8 Å². The molecule has 0 bridgehead atoms. The molecular weight excluding hydrogens is 250 g/mol. The second-order valence-electron chi connectivity index (χ2n) is 4.70. The Balaban J connectivity index is 2.24. The molecule has 0 fully saturated rings. The Morgan fingerprint density at radius 1 is 1.25 bits per heavy atom. The van der Waals surface area contributed by atoms with Crippen LogP contribution >= 0.6 is 0 Å². The number of aromatic nitrogens is 1. The minimum atomic E-state index is -0.152. The maximum absolute atomic E-state index is 12.4. The third-order valence-corrected chi connectivity index (χ3v) is 3.03. The molecule has 0 spiro atoms. The molecule has 0 saturated carbocycles. The van der Waals surface area contributed by atoms with Gasteiger partial charge in [-0.3, -0.25) is 4.79 Å². The van der Waals surface area contributed by atoms with Gasteiger partial charge in [0.2, 0.25) is 0 Å². The summed E-state index contributed by atoms with van der Waals surface area (Å²) in [5, 5.41) is 6.03. The summed E-state index contributed by atoms with van der Waals surface area (Å²) in [4.78, 5) is 16.6. The van der Waals surface area contributed by atoms with Crippen LogP contribution in [0.2, 0.25) is 0 Å². The summed E-state index contributed by atoms with van der Waals surface area (Å²) in [6, 6.07) is 9.48. The van der Waals surface area contributed by atoms with Gasteiger partial charge in [-0.15, -0.1) is 0 Å². The number of nitrogens with zero attached hydrogens (tertiary/aromatic N) is 1. The van der Waals surface area contributed by atoms with Crippen LogP contribution in [0.1, 0.15) is 28.4 Å². The standard InChI is InChI=1S/C16H19N3O/c1-4-17-15-13(6-5-9-18-15)16(20)19-14-8-7-11(2)10-12(14)3/h5-10H,4H2,1-3H3,(H,17,18)(H,19,20). The van der Waals surface area contributed by atoms with Crippen LogP contribution in [0.3, 0.4) is 0 Å². The predicted molar refractivity (Wildman–Crippen MR) is 82.3 cm³/mol. The Bertz CT molecular complexity index is 623. The monoisotopic (exact) mass is 269 g/mol. The molecule has 4 heteroatoms. The number of aryl methyl sites for hydroxylation is 2. The molecule has 1 amide bonds. The van der Waals surface area contributed by atoms with Crippen LogP contribution in [0.15, 0.2) is 36.5 Å². The van der Waals surface area contributed by atoms with E-state index in [-0.39, 0.29) is 5.91 Å². The first-order valence-corrected chi connectivity index (χ1v) is 6.69. The second-order valence-corrected chi connectivity index (χ2v) is 4.70. The minimum absolute atomic E-state index is 0.152. The molecule has 104 valence electrons. The molecule has 0 atom stereocenters. The summed E-state index contributed by atoms with van der Waals surface area (Å²) >= 11 is 0. The van der Waals surface area contributed by atoms with Gasteiger partial charge in [-0.1, -0.05) is 17.7 Å². The fraction of sp³-hybridized carbons (Fsp3) is 0.250. The molecule has 0 saturated heterocycles. The number of hydrogen-bond acceptors (Lipinski definition) is 3. The van der Waals surface area contributed by atoms with E-state index < -0.39 is 0 Å². The lowest BCUT2D eigenvalue weighted by Gasteiger charge is -2.12. The van der Waals surface area contributed by atoms with E-state index in [2.05, 4.69) is 15.6 Å². The summed E-state index contributed by atoms with van der Waals surface area (Å²) in [6.07, 6.45) is 1.67. The van der Waals surface area contributed by atoms with Gasteiger partial charge in [0.1, 0.15) is 5.82 Å². The summed E-state index contributed by atoms with van der Waals surface area (Å²) in [5.41, 5.74) is 3.60.